The SMILES string of the molecule is COc1cc(C)c(C[NH+]2CC[NH+]([C@H](C)C(=O)N[C@@H](C)c3ccccc3)CC2)cc1OC. The fourth-order valence-corrected chi connectivity index (χ4v) is 4.37. The molecule has 0 saturated carbocycles. The summed E-state index contributed by atoms with van der Waals surface area (Å²) in [7, 11) is 3.35. The Kier molecular flexibility index (Phi) is 7.93. The smallest absolute Gasteiger partial charge is 0.278 e. The van der Waals surface area contributed by atoms with Crippen LogP contribution in [0.1, 0.15) is 36.6 Å². The number of benzene rings is 2. The molecule has 0 spiro atoms. The molecular formula is C25H37N3O3+2. The molecule has 0 aromatic heterocycles. The number of nitrogens with one attached hydrogen (secondary N) is 3. The zero-order valence-electron chi connectivity index (χ0n) is 19.5. The van der Waals surface area contributed by atoms with Crippen molar-refractivity contribution in [3.05, 3.63) is 59.2 Å². The van der Waals surface area contributed by atoms with Gasteiger partial charge in [0, 0.05) is 5.56 Å². The van der Waals surface area contributed by atoms with E-state index >= 15 is 0 Å². The maximum atomic E-state index is 12.8. The first-order chi connectivity index (χ1) is 14.9. The fraction of sp³-hybridized carbons (Fsp3) is 0.480. The Bertz CT molecular complexity index is 864. The van der Waals surface area contributed by atoms with Crippen molar-refractivity contribution in [1.82, 2.24) is 5.32 Å². The lowest BCUT2D eigenvalue weighted by Crippen LogP contribution is -3.29. The zero-order chi connectivity index (χ0) is 22.4. The number of amides is 1. The molecule has 0 bridgehead atoms. The lowest BCUT2D eigenvalue weighted by molar-refractivity contribution is -1.02. The van der Waals surface area contributed by atoms with Crippen LogP contribution < -0.4 is 24.6 Å². The van der Waals surface area contributed by atoms with Gasteiger partial charge in [-0.15, -0.1) is 0 Å². The molecule has 1 heterocycles. The van der Waals surface area contributed by atoms with E-state index in [9.17, 15) is 4.79 Å². The number of hydrogen-bond donors (Lipinski definition) is 3. The van der Waals surface area contributed by atoms with Gasteiger partial charge in [0.05, 0.1) is 20.3 Å². The molecular weight excluding hydrogens is 390 g/mol. The van der Waals surface area contributed by atoms with Crippen LogP contribution in [0, 0.1) is 6.92 Å². The van der Waals surface area contributed by atoms with Crippen molar-refractivity contribution in [1.29, 1.82) is 0 Å². The van der Waals surface area contributed by atoms with Gasteiger partial charge >= 0.3 is 0 Å². The van der Waals surface area contributed by atoms with Gasteiger partial charge in [-0.3, -0.25) is 4.79 Å². The van der Waals surface area contributed by atoms with Gasteiger partial charge in [-0.2, -0.15) is 0 Å². The number of carbonyl (C=O) groups is 1. The van der Waals surface area contributed by atoms with E-state index in [2.05, 4.69) is 36.5 Å². The summed E-state index contributed by atoms with van der Waals surface area (Å²) in [5.74, 6) is 1.69. The van der Waals surface area contributed by atoms with E-state index in [0.29, 0.717) is 0 Å². The quantitative estimate of drug-likeness (QED) is 0.577. The second-order valence-electron chi connectivity index (χ2n) is 8.58. The molecule has 1 aliphatic heterocycles. The fourth-order valence-electron chi connectivity index (χ4n) is 4.37. The molecule has 0 aliphatic carbocycles. The van der Waals surface area contributed by atoms with Gasteiger partial charge in [0.25, 0.3) is 5.91 Å². The third-order valence-electron chi connectivity index (χ3n) is 6.55. The number of methoxy groups -OCH3 is 2. The van der Waals surface area contributed by atoms with Crippen LogP contribution in [-0.2, 0) is 11.3 Å². The highest BCUT2D eigenvalue weighted by atomic mass is 16.5. The van der Waals surface area contributed by atoms with Gasteiger partial charge in [-0.1, -0.05) is 30.3 Å². The van der Waals surface area contributed by atoms with E-state index in [1.807, 2.05) is 32.0 Å². The summed E-state index contributed by atoms with van der Waals surface area (Å²) in [6.45, 7) is 11.3. The molecule has 0 unspecified atom stereocenters. The number of hydrogen-bond acceptors (Lipinski definition) is 3. The summed E-state index contributed by atoms with van der Waals surface area (Å²) < 4.78 is 10.9. The lowest BCUT2D eigenvalue weighted by Gasteiger charge is -2.33. The van der Waals surface area contributed by atoms with Crippen molar-refractivity contribution < 1.29 is 24.1 Å². The Morgan fingerprint density at radius 3 is 2.23 bits per heavy atom. The number of quaternary nitrogens is 2. The molecule has 3 N–H and O–H groups in total. The van der Waals surface area contributed by atoms with Crippen molar-refractivity contribution in [2.45, 2.75) is 39.4 Å². The summed E-state index contributed by atoms with van der Waals surface area (Å²) in [5.41, 5.74) is 3.65. The molecule has 2 atom stereocenters. The second-order valence-corrected chi connectivity index (χ2v) is 8.58. The van der Waals surface area contributed by atoms with E-state index in [1.165, 1.54) is 16.0 Å². The van der Waals surface area contributed by atoms with Crippen LogP contribution in [0.5, 0.6) is 11.5 Å². The average molecular weight is 428 g/mol. The van der Waals surface area contributed by atoms with Crippen molar-refractivity contribution in [2.75, 3.05) is 40.4 Å². The number of carbonyl (C=O) groups excluding carboxylic acids is 1. The Morgan fingerprint density at radius 2 is 1.61 bits per heavy atom. The van der Waals surface area contributed by atoms with E-state index < -0.39 is 0 Å². The summed E-state index contributed by atoms with van der Waals surface area (Å²) in [6.07, 6.45) is 0. The Morgan fingerprint density at radius 1 is 1.00 bits per heavy atom. The van der Waals surface area contributed by atoms with Crippen molar-refractivity contribution in [2.24, 2.45) is 0 Å². The molecule has 1 aliphatic rings. The Balaban J connectivity index is 1.53. The molecule has 2 aromatic carbocycles. The highest BCUT2D eigenvalue weighted by Crippen LogP contribution is 2.29. The van der Waals surface area contributed by atoms with Gasteiger partial charge in [0.1, 0.15) is 32.7 Å². The highest BCUT2D eigenvalue weighted by Gasteiger charge is 2.32. The van der Waals surface area contributed by atoms with Crippen LogP contribution in [0.15, 0.2) is 42.5 Å². The standard InChI is InChI=1S/C25H35N3O3/c1-18-15-23(30-4)24(31-5)16-22(18)17-27-11-13-28(14-12-27)20(3)25(29)26-19(2)21-9-7-6-8-10-21/h6-10,15-16,19-20H,11-14,17H2,1-5H3,(H,26,29)/p+2/t19-,20+/m0/s1. The second kappa shape index (κ2) is 10.6. The van der Waals surface area contributed by atoms with E-state index in [1.54, 1.807) is 19.1 Å². The van der Waals surface area contributed by atoms with Crippen molar-refractivity contribution >= 4 is 5.91 Å². The molecule has 6 nitrogen and oxygen atoms in total. The van der Waals surface area contributed by atoms with E-state index in [0.717, 1.165) is 49.8 Å². The van der Waals surface area contributed by atoms with E-state index in [4.69, 9.17) is 9.47 Å². The predicted molar refractivity (Wildman–Crippen MR) is 122 cm³/mol. The number of rotatable bonds is 8. The van der Waals surface area contributed by atoms with E-state index in [-0.39, 0.29) is 18.0 Å². The number of aryl methyl sites for hydroxylation is 1. The monoisotopic (exact) mass is 427 g/mol. The van der Waals surface area contributed by atoms with Crippen LogP contribution in [-0.4, -0.2) is 52.3 Å². The van der Waals surface area contributed by atoms with Gasteiger partial charge < -0.3 is 24.6 Å². The molecule has 2 aromatic rings. The van der Waals surface area contributed by atoms with Crippen molar-refractivity contribution in [3.63, 3.8) is 0 Å². The van der Waals surface area contributed by atoms with Gasteiger partial charge in [-0.05, 0) is 44.0 Å². The van der Waals surface area contributed by atoms with Crippen LogP contribution in [0.4, 0.5) is 0 Å². The highest BCUT2D eigenvalue weighted by molar-refractivity contribution is 5.80. The summed E-state index contributed by atoms with van der Waals surface area (Å²) in [4.78, 5) is 15.7. The molecule has 6 heteroatoms. The van der Waals surface area contributed by atoms with Crippen molar-refractivity contribution in [3.8, 4) is 11.5 Å². The molecule has 1 fully saturated rings. The molecule has 1 saturated heterocycles. The minimum absolute atomic E-state index is 0.0236. The summed E-state index contributed by atoms with van der Waals surface area (Å²) in [5, 5.41) is 3.18. The number of piperazine rings is 1. The molecule has 1 amide bonds. The molecule has 31 heavy (non-hydrogen) atoms. The van der Waals surface area contributed by atoms with Gasteiger partial charge in [0.2, 0.25) is 0 Å². The van der Waals surface area contributed by atoms with Crippen LogP contribution >= 0.6 is 0 Å². The molecule has 3 rings (SSSR count). The lowest BCUT2D eigenvalue weighted by atomic mass is 10.1. The van der Waals surface area contributed by atoms with Gasteiger partial charge in [0.15, 0.2) is 17.5 Å². The maximum Gasteiger partial charge on any atom is 0.278 e. The van der Waals surface area contributed by atoms with Crippen LogP contribution in [0.25, 0.3) is 0 Å². The molecule has 0 radical (unpaired) electrons. The first-order valence-corrected chi connectivity index (χ1v) is 11.2. The van der Waals surface area contributed by atoms with Gasteiger partial charge in [-0.25, -0.2) is 0 Å². The first kappa shape index (κ1) is 23.1. The summed E-state index contributed by atoms with van der Waals surface area (Å²) >= 11 is 0. The largest absolute Gasteiger partial charge is 0.493 e. The minimum atomic E-state index is -0.0458. The summed E-state index contributed by atoms with van der Waals surface area (Å²) in [6, 6.07) is 14.3. The topological polar surface area (TPSA) is 56.4 Å². The maximum absolute atomic E-state index is 12.8. The zero-order valence-corrected chi connectivity index (χ0v) is 19.5. The number of ether oxygens (including phenoxy) is 2. The first-order valence-electron chi connectivity index (χ1n) is 11.2. The van der Waals surface area contributed by atoms with Crippen LogP contribution in [0.3, 0.4) is 0 Å². The average Bonchev–Trinajstić information content (AvgIpc) is 2.80. The Hall–Kier alpha value is -2.57. The Labute approximate surface area is 186 Å². The minimum Gasteiger partial charge on any atom is -0.493 e. The molecule has 168 valence electrons. The van der Waals surface area contributed by atoms with Crippen LogP contribution in [0.2, 0.25) is 0 Å². The third kappa shape index (κ3) is 5.77. The predicted octanol–water partition coefficient (Wildman–Crippen LogP) is 0.562. The third-order valence-corrected chi connectivity index (χ3v) is 6.55. The normalized spacial score (nSPS) is 20.5.